The van der Waals surface area contributed by atoms with Gasteiger partial charge in [-0.15, -0.1) is 22.7 Å². The van der Waals surface area contributed by atoms with E-state index in [4.69, 9.17) is 14.7 Å². The summed E-state index contributed by atoms with van der Waals surface area (Å²) in [6.45, 7) is 0. The second-order valence-electron chi connectivity index (χ2n) is 4.11. The summed E-state index contributed by atoms with van der Waals surface area (Å²) in [5, 5.41) is 7.83. The quantitative estimate of drug-likeness (QED) is 0.618. The average molecular weight is 316 g/mol. The van der Waals surface area contributed by atoms with E-state index in [2.05, 4.69) is 15.1 Å². The zero-order valence-corrected chi connectivity index (χ0v) is 12.1. The maximum Gasteiger partial charge on any atom is 0.282 e. The molecule has 0 aliphatic heterocycles. The third kappa shape index (κ3) is 2.14. The summed E-state index contributed by atoms with van der Waals surface area (Å²) in [6.07, 6.45) is 0. The van der Waals surface area contributed by atoms with Crippen LogP contribution >= 0.6 is 22.7 Å². The fourth-order valence-electron chi connectivity index (χ4n) is 1.82. The van der Waals surface area contributed by atoms with Gasteiger partial charge in [0.05, 0.1) is 9.75 Å². The highest BCUT2D eigenvalue weighted by atomic mass is 32.1. The fourth-order valence-corrected chi connectivity index (χ4v) is 3.11. The van der Waals surface area contributed by atoms with E-state index in [0.29, 0.717) is 17.4 Å². The minimum absolute atomic E-state index is 0.166. The molecule has 0 aliphatic rings. The molecule has 0 amide bonds. The second kappa shape index (κ2) is 4.83. The van der Waals surface area contributed by atoms with Crippen LogP contribution in [0.5, 0.6) is 0 Å². The first kappa shape index (κ1) is 12.3. The van der Waals surface area contributed by atoms with Crippen LogP contribution in [0.3, 0.4) is 0 Å². The van der Waals surface area contributed by atoms with Crippen molar-refractivity contribution >= 4 is 28.6 Å². The third-order valence-corrected chi connectivity index (χ3v) is 4.48. The Morgan fingerprint density at radius 1 is 0.952 bits per heavy atom. The molecule has 4 aromatic rings. The molecule has 4 heterocycles. The van der Waals surface area contributed by atoms with Gasteiger partial charge in [-0.2, -0.15) is 4.98 Å². The third-order valence-electron chi connectivity index (χ3n) is 2.76. The van der Waals surface area contributed by atoms with E-state index in [0.717, 1.165) is 9.75 Å². The molecule has 0 aromatic carbocycles. The lowest BCUT2D eigenvalue weighted by atomic mass is 10.4. The van der Waals surface area contributed by atoms with Crippen molar-refractivity contribution in [1.82, 2.24) is 15.1 Å². The summed E-state index contributed by atoms with van der Waals surface area (Å²) < 4.78 is 10.7. The van der Waals surface area contributed by atoms with Gasteiger partial charge in [0.25, 0.3) is 5.89 Å². The van der Waals surface area contributed by atoms with Gasteiger partial charge in [0.15, 0.2) is 5.69 Å². The number of nitrogens with two attached hydrogens (primary N) is 1. The summed E-state index contributed by atoms with van der Waals surface area (Å²) in [6, 6.07) is 7.67. The first-order valence-electron chi connectivity index (χ1n) is 5.99. The normalized spacial score (nSPS) is 11.0. The molecule has 4 rings (SSSR count). The first-order valence-corrected chi connectivity index (χ1v) is 7.75. The number of aromatic nitrogens is 3. The van der Waals surface area contributed by atoms with Gasteiger partial charge in [-0.3, -0.25) is 0 Å². The molecule has 2 N–H and O–H groups in total. The number of rotatable bonds is 3. The van der Waals surface area contributed by atoms with Gasteiger partial charge in [-0.25, -0.2) is 4.98 Å². The van der Waals surface area contributed by atoms with Crippen LogP contribution in [-0.4, -0.2) is 15.1 Å². The Kier molecular flexibility index (Phi) is 2.83. The lowest BCUT2D eigenvalue weighted by Gasteiger charge is -1.85. The first-order chi connectivity index (χ1) is 10.3. The van der Waals surface area contributed by atoms with Gasteiger partial charge in [-0.1, -0.05) is 17.3 Å². The molecule has 0 fully saturated rings. The van der Waals surface area contributed by atoms with Crippen molar-refractivity contribution in [3.05, 3.63) is 35.0 Å². The van der Waals surface area contributed by atoms with Gasteiger partial charge in [0.1, 0.15) is 0 Å². The minimum atomic E-state index is 0.166. The summed E-state index contributed by atoms with van der Waals surface area (Å²) in [5.74, 6) is 1.38. The molecule has 0 saturated heterocycles. The molecule has 6 nitrogen and oxygen atoms in total. The van der Waals surface area contributed by atoms with E-state index in [9.17, 15) is 0 Å². The zero-order valence-electron chi connectivity index (χ0n) is 10.5. The van der Waals surface area contributed by atoms with Gasteiger partial charge in [0, 0.05) is 0 Å². The van der Waals surface area contributed by atoms with Crippen molar-refractivity contribution < 1.29 is 8.94 Å². The molecular weight excluding hydrogens is 308 g/mol. The van der Waals surface area contributed by atoms with Crippen molar-refractivity contribution in [2.45, 2.75) is 0 Å². The summed E-state index contributed by atoms with van der Waals surface area (Å²) in [5.41, 5.74) is 6.23. The van der Waals surface area contributed by atoms with Crippen molar-refractivity contribution in [3.63, 3.8) is 0 Å². The maximum atomic E-state index is 5.86. The predicted octanol–water partition coefficient (Wildman–Crippen LogP) is 3.76. The van der Waals surface area contributed by atoms with E-state index in [1.807, 2.05) is 35.0 Å². The topological polar surface area (TPSA) is 91.0 Å². The standard InChI is InChI=1S/C13H8N4O2S2/c14-10-9(15-12(18-10)8-4-2-6-21-8)13-16-11(17-19-13)7-3-1-5-20-7/h1-6H,14H2. The number of nitrogens with zero attached hydrogens (tertiary/aromatic N) is 3. The Hall–Kier alpha value is -2.45. The predicted molar refractivity (Wildman–Crippen MR) is 80.8 cm³/mol. The lowest BCUT2D eigenvalue weighted by Crippen LogP contribution is -1.86. The Balaban J connectivity index is 1.74. The number of hydrogen-bond donors (Lipinski definition) is 1. The van der Waals surface area contributed by atoms with Gasteiger partial charge in [0.2, 0.25) is 17.6 Å². The zero-order chi connectivity index (χ0) is 14.2. The Labute approximate surface area is 126 Å². The average Bonchev–Trinajstić information content (AvgIpc) is 3.26. The maximum absolute atomic E-state index is 5.86. The van der Waals surface area contributed by atoms with Crippen LogP contribution in [0.15, 0.2) is 44.0 Å². The van der Waals surface area contributed by atoms with Crippen LogP contribution in [0.4, 0.5) is 5.88 Å². The number of anilines is 1. The molecule has 0 radical (unpaired) electrons. The van der Waals surface area contributed by atoms with Gasteiger partial charge >= 0.3 is 0 Å². The number of hydrogen-bond acceptors (Lipinski definition) is 8. The van der Waals surface area contributed by atoms with Crippen molar-refractivity contribution in [3.8, 4) is 33.1 Å². The van der Waals surface area contributed by atoms with E-state index in [1.54, 1.807) is 0 Å². The fraction of sp³-hybridized carbons (Fsp3) is 0. The largest absolute Gasteiger partial charge is 0.419 e. The lowest BCUT2D eigenvalue weighted by molar-refractivity contribution is 0.431. The highest BCUT2D eigenvalue weighted by Gasteiger charge is 2.20. The molecule has 0 atom stereocenters. The van der Waals surface area contributed by atoms with Crippen molar-refractivity contribution in [1.29, 1.82) is 0 Å². The Morgan fingerprint density at radius 2 is 1.71 bits per heavy atom. The molecular formula is C13H8N4O2S2. The summed E-state index contributed by atoms with van der Waals surface area (Å²) in [7, 11) is 0. The molecule has 21 heavy (non-hydrogen) atoms. The molecule has 104 valence electrons. The van der Waals surface area contributed by atoms with Crippen LogP contribution in [-0.2, 0) is 0 Å². The molecule has 0 spiro atoms. The SMILES string of the molecule is Nc1oc(-c2cccs2)nc1-c1nc(-c2cccs2)no1. The molecule has 0 saturated carbocycles. The number of nitrogen functional groups attached to an aromatic ring is 1. The molecule has 8 heteroatoms. The summed E-state index contributed by atoms with van der Waals surface area (Å²) in [4.78, 5) is 10.5. The van der Waals surface area contributed by atoms with Crippen LogP contribution in [0.2, 0.25) is 0 Å². The highest BCUT2D eigenvalue weighted by Crippen LogP contribution is 2.33. The van der Waals surface area contributed by atoms with Gasteiger partial charge < -0.3 is 14.7 Å². The Morgan fingerprint density at radius 3 is 2.43 bits per heavy atom. The Bertz CT molecular complexity index is 862. The van der Waals surface area contributed by atoms with E-state index < -0.39 is 0 Å². The monoisotopic (exact) mass is 316 g/mol. The molecule has 0 bridgehead atoms. The van der Waals surface area contributed by atoms with E-state index >= 15 is 0 Å². The molecule has 4 aromatic heterocycles. The van der Waals surface area contributed by atoms with E-state index in [1.165, 1.54) is 22.7 Å². The second-order valence-corrected chi connectivity index (χ2v) is 6.01. The molecule has 0 aliphatic carbocycles. The van der Waals surface area contributed by atoms with Crippen LogP contribution in [0, 0.1) is 0 Å². The van der Waals surface area contributed by atoms with Crippen LogP contribution in [0.1, 0.15) is 0 Å². The van der Waals surface area contributed by atoms with Crippen LogP contribution < -0.4 is 5.73 Å². The van der Waals surface area contributed by atoms with Gasteiger partial charge in [-0.05, 0) is 22.9 Å². The smallest absolute Gasteiger partial charge is 0.282 e. The number of oxazole rings is 1. The number of thiophene rings is 2. The molecule has 0 unspecified atom stereocenters. The summed E-state index contributed by atoms with van der Waals surface area (Å²) >= 11 is 3.05. The minimum Gasteiger partial charge on any atom is -0.419 e. The van der Waals surface area contributed by atoms with Crippen LogP contribution in [0.25, 0.3) is 33.1 Å². The van der Waals surface area contributed by atoms with Crippen molar-refractivity contribution in [2.24, 2.45) is 0 Å². The van der Waals surface area contributed by atoms with E-state index in [-0.39, 0.29) is 11.8 Å². The highest BCUT2D eigenvalue weighted by molar-refractivity contribution is 7.13. The van der Waals surface area contributed by atoms with Crippen molar-refractivity contribution in [2.75, 3.05) is 5.73 Å².